The highest BCUT2D eigenvalue weighted by molar-refractivity contribution is 6.00. The topological polar surface area (TPSA) is 99.3 Å². The molecule has 2 aromatic rings. The number of rotatable bonds is 6. The molecule has 7 nitrogen and oxygen atoms in total. The van der Waals surface area contributed by atoms with Gasteiger partial charge in [-0.05, 0) is 36.2 Å². The summed E-state index contributed by atoms with van der Waals surface area (Å²) in [5, 5.41) is 10.7. The summed E-state index contributed by atoms with van der Waals surface area (Å²) < 4.78 is 0. The fourth-order valence-corrected chi connectivity index (χ4v) is 2.47. The van der Waals surface area contributed by atoms with Crippen LogP contribution in [-0.2, 0) is 4.79 Å². The van der Waals surface area contributed by atoms with Crippen LogP contribution in [0.5, 0.6) is 0 Å². The van der Waals surface area contributed by atoms with E-state index in [1.807, 2.05) is 32.0 Å². The molecule has 4 amide bonds. The van der Waals surface area contributed by atoms with Crippen molar-refractivity contribution in [2.75, 3.05) is 17.7 Å². The van der Waals surface area contributed by atoms with Crippen LogP contribution in [-0.4, -0.2) is 30.9 Å². The first-order valence-corrected chi connectivity index (χ1v) is 8.66. The highest BCUT2D eigenvalue weighted by atomic mass is 16.2. The van der Waals surface area contributed by atoms with E-state index in [2.05, 4.69) is 21.3 Å². The second-order valence-corrected chi connectivity index (χ2v) is 6.34. The second-order valence-electron chi connectivity index (χ2n) is 6.34. The van der Waals surface area contributed by atoms with Crippen LogP contribution in [0.2, 0.25) is 0 Å². The minimum absolute atomic E-state index is 0.131. The van der Waals surface area contributed by atoms with Crippen LogP contribution in [0.1, 0.15) is 24.2 Å². The van der Waals surface area contributed by atoms with E-state index < -0.39 is 12.1 Å². The molecule has 0 radical (unpaired) electrons. The lowest BCUT2D eigenvalue weighted by Gasteiger charge is -2.22. The lowest BCUT2D eigenvalue weighted by atomic mass is 10.0. The summed E-state index contributed by atoms with van der Waals surface area (Å²) in [6.45, 7) is 3.68. The largest absolute Gasteiger partial charge is 0.355 e. The van der Waals surface area contributed by atoms with E-state index in [0.717, 1.165) is 0 Å². The summed E-state index contributed by atoms with van der Waals surface area (Å²) in [5.41, 5.74) is 1.55. The van der Waals surface area contributed by atoms with Gasteiger partial charge in [-0.15, -0.1) is 0 Å². The molecule has 142 valence electrons. The molecule has 1 atom stereocenters. The Balaban J connectivity index is 2.04. The number of carbonyl (C=O) groups excluding carboxylic acids is 3. The van der Waals surface area contributed by atoms with Crippen LogP contribution in [0.25, 0.3) is 0 Å². The number of urea groups is 1. The monoisotopic (exact) mass is 368 g/mol. The molecule has 0 fully saturated rings. The number of carbonyl (C=O) groups is 3. The van der Waals surface area contributed by atoms with Crippen LogP contribution >= 0.6 is 0 Å². The van der Waals surface area contributed by atoms with E-state index in [1.54, 1.807) is 36.4 Å². The van der Waals surface area contributed by atoms with Crippen LogP contribution in [0.3, 0.4) is 0 Å². The van der Waals surface area contributed by atoms with Crippen molar-refractivity contribution >= 4 is 29.2 Å². The number of hydrogen-bond acceptors (Lipinski definition) is 3. The second kappa shape index (κ2) is 9.38. The Bertz CT molecular complexity index is 806. The highest BCUT2D eigenvalue weighted by Crippen LogP contribution is 2.13. The van der Waals surface area contributed by atoms with Gasteiger partial charge in [-0.1, -0.05) is 38.1 Å². The first-order valence-electron chi connectivity index (χ1n) is 8.66. The molecule has 0 aliphatic heterocycles. The van der Waals surface area contributed by atoms with Gasteiger partial charge in [0.2, 0.25) is 5.91 Å². The van der Waals surface area contributed by atoms with Gasteiger partial charge in [-0.25, -0.2) is 4.79 Å². The molecular formula is C20H24N4O3. The molecule has 0 heterocycles. The average molecular weight is 368 g/mol. The smallest absolute Gasteiger partial charge is 0.319 e. The van der Waals surface area contributed by atoms with Crippen molar-refractivity contribution in [3.63, 3.8) is 0 Å². The third kappa shape index (κ3) is 5.85. The Labute approximate surface area is 158 Å². The quantitative estimate of drug-likeness (QED) is 0.631. The molecule has 2 rings (SSSR count). The van der Waals surface area contributed by atoms with Gasteiger partial charge in [-0.3, -0.25) is 9.59 Å². The molecule has 0 unspecified atom stereocenters. The number of nitrogens with one attached hydrogen (secondary N) is 4. The molecule has 0 spiro atoms. The Kier molecular flexibility index (Phi) is 6.93. The van der Waals surface area contributed by atoms with Gasteiger partial charge in [-0.2, -0.15) is 0 Å². The molecular weight excluding hydrogens is 344 g/mol. The van der Waals surface area contributed by atoms with Crippen molar-refractivity contribution in [1.29, 1.82) is 0 Å². The van der Waals surface area contributed by atoms with Crippen molar-refractivity contribution in [3.05, 3.63) is 60.2 Å². The Morgan fingerprint density at radius 3 is 2.15 bits per heavy atom. The normalized spacial score (nSPS) is 11.4. The zero-order valence-electron chi connectivity index (χ0n) is 15.6. The molecule has 0 bridgehead atoms. The summed E-state index contributed by atoms with van der Waals surface area (Å²) in [5.74, 6) is -0.734. The maximum absolute atomic E-state index is 12.6. The van der Waals surface area contributed by atoms with Crippen molar-refractivity contribution in [3.8, 4) is 0 Å². The Morgan fingerprint density at radius 2 is 1.52 bits per heavy atom. The maximum Gasteiger partial charge on any atom is 0.319 e. The Morgan fingerprint density at radius 1 is 0.852 bits per heavy atom. The molecule has 0 saturated carbocycles. The fraction of sp³-hybridized carbons (Fsp3) is 0.250. The fourth-order valence-electron chi connectivity index (χ4n) is 2.47. The Hall–Kier alpha value is -3.35. The van der Waals surface area contributed by atoms with Crippen LogP contribution in [0.15, 0.2) is 54.6 Å². The van der Waals surface area contributed by atoms with Crippen molar-refractivity contribution in [2.45, 2.75) is 19.9 Å². The van der Waals surface area contributed by atoms with Gasteiger partial charge >= 0.3 is 6.03 Å². The summed E-state index contributed by atoms with van der Waals surface area (Å²) in [6.07, 6.45) is 0. The SMILES string of the molecule is CNC(=O)c1cccc(NC(=O)[C@H](NC(=O)Nc2ccccc2)C(C)C)c1. The molecule has 0 aliphatic carbocycles. The van der Waals surface area contributed by atoms with Crippen molar-refractivity contribution in [1.82, 2.24) is 10.6 Å². The summed E-state index contributed by atoms with van der Waals surface area (Å²) in [6, 6.07) is 14.4. The van der Waals surface area contributed by atoms with E-state index in [1.165, 1.54) is 7.05 Å². The zero-order valence-corrected chi connectivity index (χ0v) is 15.6. The number of amides is 4. The third-order valence-electron chi connectivity index (χ3n) is 3.89. The lowest BCUT2D eigenvalue weighted by molar-refractivity contribution is -0.118. The number of para-hydroxylation sites is 1. The number of hydrogen-bond donors (Lipinski definition) is 4. The van der Waals surface area contributed by atoms with Crippen molar-refractivity contribution < 1.29 is 14.4 Å². The van der Waals surface area contributed by atoms with Gasteiger partial charge in [0, 0.05) is 24.0 Å². The molecule has 7 heteroatoms. The average Bonchev–Trinajstić information content (AvgIpc) is 2.66. The molecule has 0 aliphatic rings. The van der Waals surface area contributed by atoms with Gasteiger partial charge < -0.3 is 21.3 Å². The minimum atomic E-state index is -0.739. The predicted molar refractivity (Wildman–Crippen MR) is 106 cm³/mol. The van der Waals surface area contributed by atoms with Gasteiger partial charge in [0.1, 0.15) is 6.04 Å². The van der Waals surface area contributed by atoms with Crippen LogP contribution < -0.4 is 21.3 Å². The van der Waals surface area contributed by atoms with Crippen LogP contribution in [0.4, 0.5) is 16.2 Å². The highest BCUT2D eigenvalue weighted by Gasteiger charge is 2.24. The van der Waals surface area contributed by atoms with E-state index in [0.29, 0.717) is 16.9 Å². The molecule has 27 heavy (non-hydrogen) atoms. The van der Waals surface area contributed by atoms with E-state index >= 15 is 0 Å². The van der Waals surface area contributed by atoms with E-state index in [4.69, 9.17) is 0 Å². The first kappa shape index (κ1) is 20.0. The first-order chi connectivity index (χ1) is 12.9. The summed E-state index contributed by atoms with van der Waals surface area (Å²) >= 11 is 0. The third-order valence-corrected chi connectivity index (χ3v) is 3.89. The lowest BCUT2D eigenvalue weighted by Crippen LogP contribution is -2.48. The molecule has 0 saturated heterocycles. The predicted octanol–water partition coefficient (Wildman–Crippen LogP) is 2.83. The minimum Gasteiger partial charge on any atom is -0.355 e. The molecule has 4 N–H and O–H groups in total. The number of anilines is 2. The summed E-state index contributed by atoms with van der Waals surface area (Å²) in [7, 11) is 1.54. The van der Waals surface area contributed by atoms with Gasteiger partial charge in [0.05, 0.1) is 0 Å². The maximum atomic E-state index is 12.6. The van der Waals surface area contributed by atoms with Crippen molar-refractivity contribution in [2.24, 2.45) is 5.92 Å². The molecule has 2 aromatic carbocycles. The van der Waals surface area contributed by atoms with E-state index in [9.17, 15) is 14.4 Å². The number of benzene rings is 2. The van der Waals surface area contributed by atoms with Gasteiger partial charge in [0.25, 0.3) is 5.91 Å². The zero-order chi connectivity index (χ0) is 19.8. The van der Waals surface area contributed by atoms with Gasteiger partial charge in [0.15, 0.2) is 0 Å². The summed E-state index contributed by atoms with van der Waals surface area (Å²) in [4.78, 5) is 36.6. The van der Waals surface area contributed by atoms with Crippen LogP contribution in [0, 0.1) is 5.92 Å². The molecule has 0 aromatic heterocycles. The standard InChI is InChI=1S/C20H24N4O3/c1-13(2)17(24-20(27)23-15-9-5-4-6-10-15)19(26)22-16-11-7-8-14(12-16)18(25)21-3/h4-13,17H,1-3H3,(H,21,25)(H,22,26)(H2,23,24,27)/t17-/m1/s1. The van der Waals surface area contributed by atoms with E-state index in [-0.39, 0.29) is 17.7 Å².